The second-order valence-corrected chi connectivity index (χ2v) is 9.01. The highest BCUT2D eigenvalue weighted by Gasteiger charge is 2.33. The predicted octanol–water partition coefficient (Wildman–Crippen LogP) is 3.04. The number of hydrogen-bond donors (Lipinski definition) is 3. The summed E-state index contributed by atoms with van der Waals surface area (Å²) in [5, 5.41) is 5.55. The zero-order chi connectivity index (χ0) is 21.5. The Kier molecular flexibility index (Phi) is 4.95. The molecule has 0 radical (unpaired) electrons. The number of fused-ring (bicyclic) bond motifs is 1. The van der Waals surface area contributed by atoms with Crippen molar-refractivity contribution < 1.29 is 4.79 Å². The number of nitrogens with two attached hydrogens (primary N) is 2. The van der Waals surface area contributed by atoms with Crippen molar-refractivity contribution in [2.24, 2.45) is 5.84 Å². The minimum absolute atomic E-state index is 0.173. The molecule has 1 amide bonds. The number of nitrogen functional groups attached to an aromatic ring is 1. The number of pyridine rings is 1. The fourth-order valence-corrected chi connectivity index (χ4v) is 5.46. The molecule has 5 N–H and O–H groups in total. The van der Waals surface area contributed by atoms with Crippen LogP contribution in [0.3, 0.4) is 0 Å². The molecule has 0 spiro atoms. The summed E-state index contributed by atoms with van der Waals surface area (Å²) in [6.45, 7) is 0. The molecule has 0 bridgehead atoms. The number of amides is 1. The van der Waals surface area contributed by atoms with Gasteiger partial charge in [0.25, 0.3) is 11.5 Å². The third-order valence-electron chi connectivity index (χ3n) is 5.85. The molecule has 0 fully saturated rings. The van der Waals surface area contributed by atoms with Gasteiger partial charge in [-0.15, -0.1) is 0 Å². The van der Waals surface area contributed by atoms with Crippen LogP contribution < -0.4 is 27.6 Å². The minimum atomic E-state index is -0.377. The Morgan fingerprint density at radius 2 is 1.77 bits per heavy atom. The maximum atomic E-state index is 12.9. The predicted molar refractivity (Wildman–Crippen MR) is 125 cm³/mol. The Balaban J connectivity index is 1.40. The van der Waals surface area contributed by atoms with Crippen LogP contribution in [0.4, 0.5) is 5.69 Å². The highest BCUT2D eigenvalue weighted by molar-refractivity contribution is 8.04. The normalized spacial score (nSPS) is 18.0. The van der Waals surface area contributed by atoms with Gasteiger partial charge in [-0.3, -0.25) is 9.59 Å². The van der Waals surface area contributed by atoms with Crippen molar-refractivity contribution in [1.82, 2.24) is 9.99 Å². The highest BCUT2D eigenvalue weighted by Crippen LogP contribution is 2.40. The average molecular weight is 434 g/mol. The molecule has 2 aliphatic rings. The SMILES string of the molecule is NN(C(=O)C1NC2=C(CCCC2)S1)c1ccc(-c2cn(N)c(=O)c3ccccc23)cc1. The number of anilines is 1. The number of rotatable bonds is 3. The summed E-state index contributed by atoms with van der Waals surface area (Å²) in [6.07, 6.45) is 6.00. The second-order valence-electron chi connectivity index (χ2n) is 7.81. The summed E-state index contributed by atoms with van der Waals surface area (Å²) in [4.78, 5) is 26.5. The van der Waals surface area contributed by atoms with Gasteiger partial charge in [0.2, 0.25) is 0 Å². The first-order chi connectivity index (χ1) is 15.0. The van der Waals surface area contributed by atoms with Crippen LogP contribution >= 0.6 is 11.8 Å². The quantitative estimate of drug-likeness (QED) is 0.333. The number of nitrogens with zero attached hydrogens (tertiary/aromatic N) is 2. The van der Waals surface area contributed by atoms with E-state index in [0.717, 1.165) is 40.5 Å². The van der Waals surface area contributed by atoms with Crippen LogP contribution in [-0.4, -0.2) is 16.0 Å². The zero-order valence-corrected chi connectivity index (χ0v) is 17.7. The summed E-state index contributed by atoms with van der Waals surface area (Å²) in [7, 11) is 0. The molecule has 0 saturated carbocycles. The van der Waals surface area contributed by atoms with Crippen molar-refractivity contribution in [3.05, 3.63) is 75.7 Å². The van der Waals surface area contributed by atoms with E-state index in [1.165, 1.54) is 22.0 Å². The topological polar surface area (TPSA) is 106 Å². The lowest BCUT2D eigenvalue weighted by atomic mass is 10.0. The molecular weight excluding hydrogens is 410 g/mol. The average Bonchev–Trinajstić information content (AvgIpc) is 3.25. The Bertz CT molecular complexity index is 1250. The van der Waals surface area contributed by atoms with Gasteiger partial charge in [-0.1, -0.05) is 42.1 Å². The van der Waals surface area contributed by atoms with Gasteiger partial charge in [0, 0.05) is 27.7 Å². The third kappa shape index (κ3) is 3.47. The molecule has 1 aliphatic carbocycles. The van der Waals surface area contributed by atoms with Gasteiger partial charge in [-0.25, -0.2) is 15.5 Å². The Hall–Kier alpha value is -3.23. The number of hydrazine groups is 1. The van der Waals surface area contributed by atoms with E-state index in [1.54, 1.807) is 36.2 Å². The second kappa shape index (κ2) is 7.79. The lowest BCUT2D eigenvalue weighted by Crippen LogP contribution is -2.46. The molecule has 2 heterocycles. The zero-order valence-electron chi connectivity index (χ0n) is 16.9. The maximum Gasteiger partial charge on any atom is 0.276 e. The lowest BCUT2D eigenvalue weighted by Gasteiger charge is -2.21. The van der Waals surface area contributed by atoms with Crippen LogP contribution in [0.5, 0.6) is 0 Å². The number of nitrogens with one attached hydrogen (secondary N) is 1. The van der Waals surface area contributed by atoms with E-state index < -0.39 is 0 Å². The first-order valence-electron chi connectivity index (χ1n) is 10.3. The summed E-state index contributed by atoms with van der Waals surface area (Å²) < 4.78 is 1.10. The van der Waals surface area contributed by atoms with E-state index >= 15 is 0 Å². The molecule has 3 aromatic rings. The summed E-state index contributed by atoms with van der Waals surface area (Å²) in [5.74, 6) is 11.9. The Morgan fingerprint density at radius 1 is 1.06 bits per heavy atom. The van der Waals surface area contributed by atoms with E-state index in [4.69, 9.17) is 11.7 Å². The summed E-state index contributed by atoms with van der Waals surface area (Å²) in [6, 6.07) is 14.7. The van der Waals surface area contributed by atoms with Crippen molar-refractivity contribution in [2.75, 3.05) is 10.9 Å². The number of thioether (sulfide) groups is 1. The lowest BCUT2D eigenvalue weighted by molar-refractivity contribution is -0.118. The van der Waals surface area contributed by atoms with Gasteiger partial charge < -0.3 is 11.2 Å². The van der Waals surface area contributed by atoms with E-state index in [-0.39, 0.29) is 16.8 Å². The Labute approximate surface area is 183 Å². The number of allylic oxidation sites excluding steroid dienone is 2. The minimum Gasteiger partial charge on any atom is -0.368 e. The Morgan fingerprint density at radius 3 is 2.52 bits per heavy atom. The molecule has 2 aromatic carbocycles. The van der Waals surface area contributed by atoms with Crippen LogP contribution in [0.25, 0.3) is 21.9 Å². The monoisotopic (exact) mass is 433 g/mol. The van der Waals surface area contributed by atoms with E-state index in [9.17, 15) is 9.59 Å². The fraction of sp³-hybridized carbons (Fsp3) is 0.217. The fourth-order valence-electron chi connectivity index (χ4n) is 4.20. The first-order valence-corrected chi connectivity index (χ1v) is 11.1. The van der Waals surface area contributed by atoms with Crippen LogP contribution in [0, 0.1) is 0 Å². The van der Waals surface area contributed by atoms with Crippen LogP contribution in [0.15, 0.2) is 70.1 Å². The van der Waals surface area contributed by atoms with Gasteiger partial charge in [-0.2, -0.15) is 0 Å². The molecule has 1 aromatic heterocycles. The molecule has 1 atom stereocenters. The van der Waals surface area contributed by atoms with Crippen LogP contribution in [-0.2, 0) is 4.79 Å². The third-order valence-corrected chi connectivity index (χ3v) is 7.14. The number of carbonyl (C=O) groups is 1. The van der Waals surface area contributed by atoms with Crippen molar-refractivity contribution >= 4 is 34.1 Å². The molecule has 0 saturated heterocycles. The molecule has 1 unspecified atom stereocenters. The molecule has 158 valence electrons. The largest absolute Gasteiger partial charge is 0.368 e. The highest BCUT2D eigenvalue weighted by atomic mass is 32.2. The van der Waals surface area contributed by atoms with Gasteiger partial charge in [0.15, 0.2) is 5.37 Å². The van der Waals surface area contributed by atoms with Crippen LogP contribution in [0.2, 0.25) is 0 Å². The van der Waals surface area contributed by atoms with E-state index in [1.807, 2.05) is 30.3 Å². The molecule has 1 aliphatic heterocycles. The molecule has 8 heteroatoms. The summed E-state index contributed by atoms with van der Waals surface area (Å²) in [5.41, 5.74) is 3.27. The molecule has 31 heavy (non-hydrogen) atoms. The maximum absolute atomic E-state index is 12.9. The van der Waals surface area contributed by atoms with E-state index in [2.05, 4.69) is 5.32 Å². The van der Waals surface area contributed by atoms with Gasteiger partial charge in [-0.05, 0) is 54.8 Å². The number of aromatic nitrogens is 1. The van der Waals surface area contributed by atoms with Gasteiger partial charge in [0.05, 0.1) is 5.69 Å². The molecule has 5 rings (SSSR count). The number of benzene rings is 2. The van der Waals surface area contributed by atoms with Crippen molar-refractivity contribution in [1.29, 1.82) is 0 Å². The first kappa shape index (κ1) is 19.7. The van der Waals surface area contributed by atoms with Crippen molar-refractivity contribution in [3.8, 4) is 11.1 Å². The van der Waals surface area contributed by atoms with Gasteiger partial charge in [0.1, 0.15) is 0 Å². The van der Waals surface area contributed by atoms with Crippen LogP contribution in [0.1, 0.15) is 25.7 Å². The molecule has 7 nitrogen and oxygen atoms in total. The standard InChI is InChI=1S/C23H23N5O2S/c24-27-13-18(16-5-1-2-6-17(16)22(27)29)14-9-11-15(12-10-14)28(25)23(30)21-26-19-7-3-4-8-20(19)31-21/h1-2,5-6,9-13,21,26H,3-4,7-8,24-25H2. The number of hydrogen-bond acceptors (Lipinski definition) is 6. The molecular formula is C23H23N5O2S. The van der Waals surface area contributed by atoms with Gasteiger partial charge >= 0.3 is 0 Å². The number of carbonyl (C=O) groups excluding carboxylic acids is 1. The smallest absolute Gasteiger partial charge is 0.276 e. The van der Waals surface area contributed by atoms with Crippen molar-refractivity contribution in [2.45, 2.75) is 31.1 Å². The van der Waals surface area contributed by atoms with E-state index in [0.29, 0.717) is 11.1 Å². The summed E-state index contributed by atoms with van der Waals surface area (Å²) >= 11 is 1.58. The van der Waals surface area contributed by atoms with Crippen molar-refractivity contribution in [3.63, 3.8) is 0 Å².